The number of amides is 1. The predicted octanol–water partition coefficient (Wildman–Crippen LogP) is 3.74. The van der Waals surface area contributed by atoms with E-state index in [0.717, 1.165) is 37.0 Å². The van der Waals surface area contributed by atoms with E-state index in [2.05, 4.69) is 5.32 Å². The largest absolute Gasteiger partial charge is 0.462 e. The third-order valence-corrected chi connectivity index (χ3v) is 8.07. The number of benzene rings is 1. The summed E-state index contributed by atoms with van der Waals surface area (Å²) < 4.78 is 32.3. The Morgan fingerprint density at radius 1 is 1.03 bits per heavy atom. The van der Waals surface area contributed by atoms with E-state index in [9.17, 15) is 18.0 Å². The molecule has 0 saturated carbocycles. The van der Waals surface area contributed by atoms with Crippen molar-refractivity contribution >= 4 is 38.9 Å². The van der Waals surface area contributed by atoms with Gasteiger partial charge in [0, 0.05) is 18.8 Å². The van der Waals surface area contributed by atoms with Gasteiger partial charge in [-0.3, -0.25) is 4.79 Å². The predicted molar refractivity (Wildman–Crippen MR) is 112 cm³/mol. The van der Waals surface area contributed by atoms with Gasteiger partial charge in [0.1, 0.15) is 4.21 Å². The Labute approximate surface area is 174 Å². The number of rotatable bonds is 6. The number of nitrogens with zero attached hydrogens (tertiary/aromatic N) is 1. The van der Waals surface area contributed by atoms with Crippen LogP contribution >= 0.6 is 11.3 Å². The van der Waals surface area contributed by atoms with Crippen molar-refractivity contribution in [3.05, 3.63) is 46.8 Å². The first-order chi connectivity index (χ1) is 13.9. The zero-order chi connectivity index (χ0) is 20.9. The number of carbonyl (C=O) groups excluding carboxylic acids is 2. The van der Waals surface area contributed by atoms with Crippen molar-refractivity contribution in [3.8, 4) is 0 Å². The second-order valence-electron chi connectivity index (χ2n) is 6.69. The molecule has 1 aliphatic heterocycles. The van der Waals surface area contributed by atoms with Crippen LogP contribution in [0.1, 0.15) is 52.6 Å². The topological polar surface area (TPSA) is 92.8 Å². The molecule has 3 rings (SSSR count). The van der Waals surface area contributed by atoms with Crippen molar-refractivity contribution in [2.45, 2.75) is 36.8 Å². The van der Waals surface area contributed by atoms with Crippen LogP contribution in [0.3, 0.4) is 0 Å². The van der Waals surface area contributed by atoms with Crippen LogP contribution in [0.15, 0.2) is 40.6 Å². The van der Waals surface area contributed by atoms with Crippen LogP contribution in [0.4, 0.5) is 5.69 Å². The van der Waals surface area contributed by atoms with E-state index in [4.69, 9.17) is 4.74 Å². The molecule has 1 saturated heterocycles. The summed E-state index contributed by atoms with van der Waals surface area (Å²) in [6, 6.07) is 9.36. The Morgan fingerprint density at radius 2 is 1.69 bits per heavy atom. The van der Waals surface area contributed by atoms with Crippen molar-refractivity contribution in [1.29, 1.82) is 0 Å². The van der Waals surface area contributed by atoms with Crippen molar-refractivity contribution < 1.29 is 22.7 Å². The van der Waals surface area contributed by atoms with Crippen molar-refractivity contribution in [2.24, 2.45) is 0 Å². The number of hydrogen-bond donors (Lipinski definition) is 1. The summed E-state index contributed by atoms with van der Waals surface area (Å²) >= 11 is 0.966. The van der Waals surface area contributed by atoms with E-state index in [1.165, 1.54) is 16.4 Å². The van der Waals surface area contributed by atoms with Gasteiger partial charge >= 0.3 is 5.97 Å². The lowest BCUT2D eigenvalue weighted by atomic mass is 10.2. The minimum Gasteiger partial charge on any atom is -0.462 e. The molecule has 2 aromatic rings. The van der Waals surface area contributed by atoms with E-state index in [-0.39, 0.29) is 4.21 Å². The third-order valence-electron chi connectivity index (χ3n) is 4.62. The highest BCUT2D eigenvalue weighted by atomic mass is 32.2. The smallest absolute Gasteiger partial charge is 0.338 e. The van der Waals surface area contributed by atoms with E-state index >= 15 is 0 Å². The highest BCUT2D eigenvalue weighted by Crippen LogP contribution is 2.27. The van der Waals surface area contributed by atoms with Gasteiger partial charge in [-0.15, -0.1) is 11.3 Å². The lowest BCUT2D eigenvalue weighted by Crippen LogP contribution is -2.31. The summed E-state index contributed by atoms with van der Waals surface area (Å²) in [6.07, 6.45) is 3.80. The molecule has 9 heteroatoms. The SMILES string of the molecule is CCOC(=O)c1ccc(NC(=O)c2ccc(S(=O)(=O)N3CCCCCC3)s2)cc1. The Hall–Kier alpha value is -2.23. The number of anilines is 1. The van der Waals surface area contributed by atoms with Gasteiger partial charge in [0.15, 0.2) is 0 Å². The molecule has 1 fully saturated rings. The first-order valence-corrected chi connectivity index (χ1v) is 11.9. The molecule has 1 N–H and O–H groups in total. The molecule has 1 aliphatic rings. The molecule has 0 bridgehead atoms. The molecule has 0 unspecified atom stereocenters. The maximum Gasteiger partial charge on any atom is 0.338 e. The normalized spacial score (nSPS) is 15.5. The zero-order valence-corrected chi connectivity index (χ0v) is 17.9. The highest BCUT2D eigenvalue weighted by Gasteiger charge is 2.27. The van der Waals surface area contributed by atoms with Crippen LogP contribution in [-0.2, 0) is 14.8 Å². The average Bonchev–Trinajstić information content (AvgIpc) is 3.05. The monoisotopic (exact) mass is 436 g/mol. The van der Waals surface area contributed by atoms with Gasteiger partial charge < -0.3 is 10.1 Å². The number of ether oxygens (including phenoxy) is 1. The van der Waals surface area contributed by atoms with Crippen LogP contribution in [0.5, 0.6) is 0 Å². The zero-order valence-electron chi connectivity index (χ0n) is 16.2. The Bertz CT molecular complexity index is 959. The molecule has 2 heterocycles. The van der Waals surface area contributed by atoms with Crippen molar-refractivity contribution in [3.63, 3.8) is 0 Å². The first-order valence-electron chi connectivity index (χ1n) is 9.60. The molecule has 1 aromatic heterocycles. The van der Waals surface area contributed by atoms with Gasteiger partial charge in [0.2, 0.25) is 0 Å². The fraction of sp³-hybridized carbons (Fsp3) is 0.400. The van der Waals surface area contributed by atoms with Gasteiger partial charge in [0.25, 0.3) is 15.9 Å². The maximum atomic E-state index is 12.8. The van der Waals surface area contributed by atoms with E-state index < -0.39 is 21.9 Å². The van der Waals surface area contributed by atoms with Crippen LogP contribution in [0, 0.1) is 0 Å². The summed E-state index contributed by atoms with van der Waals surface area (Å²) in [5.74, 6) is -0.816. The quantitative estimate of drug-likeness (QED) is 0.697. The molecule has 7 nitrogen and oxygen atoms in total. The number of nitrogens with one attached hydrogen (secondary N) is 1. The summed E-state index contributed by atoms with van der Waals surface area (Å²) in [4.78, 5) is 24.5. The number of hydrogen-bond acceptors (Lipinski definition) is 6. The van der Waals surface area contributed by atoms with Gasteiger partial charge in [-0.1, -0.05) is 12.8 Å². The lowest BCUT2D eigenvalue weighted by molar-refractivity contribution is 0.0526. The second kappa shape index (κ2) is 9.51. The van der Waals surface area contributed by atoms with Gasteiger partial charge in [-0.05, 0) is 56.2 Å². The molecule has 1 amide bonds. The Morgan fingerprint density at radius 3 is 2.31 bits per heavy atom. The molecule has 0 aliphatic carbocycles. The van der Waals surface area contributed by atoms with Crippen molar-refractivity contribution in [1.82, 2.24) is 4.31 Å². The second-order valence-corrected chi connectivity index (χ2v) is 9.94. The van der Waals surface area contributed by atoms with Crippen LogP contribution in [0.25, 0.3) is 0 Å². The van der Waals surface area contributed by atoms with Crippen molar-refractivity contribution in [2.75, 3.05) is 25.0 Å². The third kappa shape index (κ3) is 5.23. The Balaban J connectivity index is 1.68. The lowest BCUT2D eigenvalue weighted by Gasteiger charge is -2.18. The van der Waals surface area contributed by atoms with E-state index in [1.807, 2.05) is 0 Å². The molecular formula is C20H24N2O5S2. The molecule has 1 aromatic carbocycles. The van der Waals surface area contributed by atoms with Crippen LogP contribution < -0.4 is 5.32 Å². The molecule has 0 atom stereocenters. The van der Waals surface area contributed by atoms with Gasteiger partial charge in [-0.25, -0.2) is 13.2 Å². The van der Waals surface area contributed by atoms with E-state index in [1.54, 1.807) is 31.2 Å². The van der Waals surface area contributed by atoms with Crippen LogP contribution in [0.2, 0.25) is 0 Å². The summed E-state index contributed by atoms with van der Waals surface area (Å²) in [5.41, 5.74) is 0.903. The summed E-state index contributed by atoms with van der Waals surface area (Å²) in [7, 11) is -3.57. The van der Waals surface area contributed by atoms with Gasteiger partial charge in [-0.2, -0.15) is 4.31 Å². The molecular weight excluding hydrogens is 412 g/mol. The summed E-state index contributed by atoms with van der Waals surface area (Å²) in [5, 5.41) is 2.72. The number of carbonyl (C=O) groups is 2. The maximum absolute atomic E-state index is 12.8. The average molecular weight is 437 g/mol. The Kier molecular flexibility index (Phi) is 7.05. The minimum atomic E-state index is -3.57. The fourth-order valence-corrected chi connectivity index (χ4v) is 5.96. The van der Waals surface area contributed by atoms with Gasteiger partial charge in [0.05, 0.1) is 17.0 Å². The van der Waals surface area contributed by atoms with E-state index in [0.29, 0.717) is 35.8 Å². The number of thiophene rings is 1. The standard InChI is InChI=1S/C20H24N2O5S2/c1-2-27-20(24)15-7-9-16(10-8-15)21-19(23)17-11-12-18(28-17)29(25,26)22-13-5-3-4-6-14-22/h7-12H,2-6,13-14H2,1H3,(H,21,23). The molecule has 156 valence electrons. The minimum absolute atomic E-state index is 0.183. The number of esters is 1. The first kappa shape index (κ1) is 21.5. The highest BCUT2D eigenvalue weighted by molar-refractivity contribution is 7.91. The van der Waals surface area contributed by atoms with Crippen LogP contribution in [-0.4, -0.2) is 44.3 Å². The number of sulfonamides is 1. The summed E-state index contributed by atoms with van der Waals surface area (Å²) in [6.45, 7) is 3.07. The molecule has 29 heavy (non-hydrogen) atoms. The fourth-order valence-electron chi connectivity index (χ4n) is 3.09. The molecule has 0 radical (unpaired) electrons. The molecule has 0 spiro atoms.